The van der Waals surface area contributed by atoms with Crippen LogP contribution < -0.4 is 15.2 Å². The molecule has 5 rings (SSSR count). The smallest absolute Gasteiger partial charge is 0.222 e. The van der Waals surface area contributed by atoms with Gasteiger partial charge in [-0.3, -0.25) is 4.40 Å². The zero-order chi connectivity index (χ0) is 22.8. The molecule has 0 bridgehead atoms. The number of hydrogen-bond donors (Lipinski definition) is 2. The molecule has 9 heteroatoms. The fourth-order valence-corrected chi connectivity index (χ4v) is 4.10. The van der Waals surface area contributed by atoms with Gasteiger partial charge in [0.25, 0.3) is 0 Å². The van der Waals surface area contributed by atoms with Gasteiger partial charge in [-0.25, -0.2) is 9.97 Å². The third-order valence-electron chi connectivity index (χ3n) is 5.81. The van der Waals surface area contributed by atoms with Crippen LogP contribution in [0.4, 0.5) is 5.82 Å². The van der Waals surface area contributed by atoms with Crippen LogP contribution in [0.3, 0.4) is 0 Å². The van der Waals surface area contributed by atoms with Crippen LogP contribution in [-0.4, -0.2) is 50.9 Å². The van der Waals surface area contributed by atoms with E-state index < -0.39 is 0 Å². The fraction of sp³-hybridized carbons (Fsp3) is 0.292. The predicted molar refractivity (Wildman–Crippen MR) is 122 cm³/mol. The Hall–Kier alpha value is -3.69. The summed E-state index contributed by atoms with van der Waals surface area (Å²) in [5.74, 6) is 2.98. The highest BCUT2D eigenvalue weighted by molar-refractivity contribution is 5.85. The molecule has 0 spiro atoms. The number of methoxy groups -OCH3 is 1. The molecule has 4 heterocycles. The summed E-state index contributed by atoms with van der Waals surface area (Å²) in [7, 11) is 1.56. The molecule has 2 atom stereocenters. The Morgan fingerprint density at radius 2 is 1.94 bits per heavy atom. The van der Waals surface area contributed by atoms with Crippen LogP contribution in [0.15, 0.2) is 54.9 Å². The highest BCUT2D eigenvalue weighted by Crippen LogP contribution is 2.35. The first-order chi connectivity index (χ1) is 16.2. The number of aromatic nitrogens is 4. The largest absolute Gasteiger partial charge is 0.481 e. The molecule has 0 saturated carbocycles. The Morgan fingerprint density at radius 3 is 2.67 bits per heavy atom. The number of nitrogens with zero attached hydrogens (tertiary/aromatic N) is 4. The lowest BCUT2D eigenvalue weighted by atomic mass is 9.98. The van der Waals surface area contributed by atoms with Gasteiger partial charge in [-0.15, -0.1) is 0 Å². The van der Waals surface area contributed by atoms with E-state index in [0.29, 0.717) is 29.9 Å². The number of fused-ring (bicyclic) bond motifs is 1. The van der Waals surface area contributed by atoms with Crippen molar-refractivity contribution in [1.82, 2.24) is 19.4 Å². The molecular weight excluding hydrogens is 422 g/mol. The van der Waals surface area contributed by atoms with Crippen LogP contribution in [0, 0.1) is 0 Å². The molecule has 33 heavy (non-hydrogen) atoms. The average molecular weight is 447 g/mol. The molecule has 1 aromatic carbocycles. The lowest BCUT2D eigenvalue weighted by Gasteiger charge is -2.27. The second kappa shape index (κ2) is 9.05. The first kappa shape index (κ1) is 21.2. The number of benzene rings is 1. The van der Waals surface area contributed by atoms with E-state index in [4.69, 9.17) is 24.9 Å². The van der Waals surface area contributed by atoms with Gasteiger partial charge in [-0.2, -0.15) is 4.98 Å². The van der Waals surface area contributed by atoms with Crippen LogP contribution in [0.2, 0.25) is 0 Å². The van der Waals surface area contributed by atoms with Gasteiger partial charge in [0.1, 0.15) is 28.6 Å². The second-order valence-corrected chi connectivity index (χ2v) is 7.91. The summed E-state index contributed by atoms with van der Waals surface area (Å²) in [4.78, 5) is 13.5. The van der Waals surface area contributed by atoms with Gasteiger partial charge in [0.15, 0.2) is 0 Å². The minimum Gasteiger partial charge on any atom is -0.481 e. The van der Waals surface area contributed by atoms with Crippen molar-refractivity contribution >= 4 is 11.3 Å². The van der Waals surface area contributed by atoms with Crippen molar-refractivity contribution in [3.8, 4) is 28.8 Å². The van der Waals surface area contributed by atoms with E-state index in [1.165, 1.54) is 0 Å². The van der Waals surface area contributed by atoms with Gasteiger partial charge in [0.2, 0.25) is 11.8 Å². The first-order valence-corrected chi connectivity index (χ1v) is 10.8. The SMILES string of the molecule is COc1cccc(Oc2ccc(-c3nc(C4CCC(CO)OC4)n4ccnc(N)c34)cc2)n1. The number of hydrogen-bond acceptors (Lipinski definition) is 8. The number of nitrogen functional groups attached to an aromatic ring is 1. The van der Waals surface area contributed by atoms with Crippen molar-refractivity contribution in [2.75, 3.05) is 26.1 Å². The van der Waals surface area contributed by atoms with Crippen molar-refractivity contribution in [2.45, 2.75) is 24.9 Å². The molecule has 9 nitrogen and oxygen atoms in total. The Balaban J connectivity index is 1.46. The standard InChI is InChI=1S/C24H25N5O4/c1-31-19-3-2-4-20(27-19)33-17-8-5-15(6-9-17)21-22-23(25)26-11-12-29(22)24(28-21)16-7-10-18(13-30)32-14-16/h2-6,8-9,11-12,16,18,30H,7,10,13-14H2,1H3,(H2,25,26). The van der Waals surface area contributed by atoms with E-state index in [1.54, 1.807) is 25.4 Å². The van der Waals surface area contributed by atoms with E-state index in [2.05, 4.69) is 9.97 Å². The van der Waals surface area contributed by atoms with Gasteiger partial charge in [-0.1, -0.05) is 6.07 Å². The molecule has 2 unspecified atom stereocenters. The van der Waals surface area contributed by atoms with E-state index in [0.717, 1.165) is 35.4 Å². The van der Waals surface area contributed by atoms with Crippen LogP contribution >= 0.6 is 0 Å². The number of aliphatic hydroxyl groups is 1. The lowest BCUT2D eigenvalue weighted by molar-refractivity contribution is -0.0282. The van der Waals surface area contributed by atoms with Gasteiger partial charge < -0.3 is 25.1 Å². The molecule has 0 amide bonds. The summed E-state index contributed by atoms with van der Waals surface area (Å²) < 4.78 is 18.8. The van der Waals surface area contributed by atoms with Crippen molar-refractivity contribution in [1.29, 1.82) is 0 Å². The summed E-state index contributed by atoms with van der Waals surface area (Å²) >= 11 is 0. The number of imidazole rings is 1. The molecule has 1 saturated heterocycles. The molecule has 1 fully saturated rings. The summed E-state index contributed by atoms with van der Waals surface area (Å²) in [6, 6.07) is 13.0. The maximum atomic E-state index is 9.36. The fourth-order valence-electron chi connectivity index (χ4n) is 4.10. The Bertz CT molecular complexity index is 1250. The number of ether oxygens (including phenoxy) is 3. The molecule has 0 radical (unpaired) electrons. The topological polar surface area (TPSA) is 117 Å². The van der Waals surface area contributed by atoms with E-state index >= 15 is 0 Å². The van der Waals surface area contributed by atoms with Crippen molar-refractivity contribution < 1.29 is 19.3 Å². The zero-order valence-electron chi connectivity index (χ0n) is 18.2. The number of pyridine rings is 1. The lowest BCUT2D eigenvalue weighted by Crippen LogP contribution is -2.28. The summed E-state index contributed by atoms with van der Waals surface area (Å²) in [5.41, 5.74) is 8.68. The number of aliphatic hydroxyl groups excluding tert-OH is 1. The molecule has 3 N–H and O–H groups in total. The van der Waals surface area contributed by atoms with Gasteiger partial charge >= 0.3 is 0 Å². The molecular formula is C24H25N5O4. The average Bonchev–Trinajstić information content (AvgIpc) is 3.26. The Morgan fingerprint density at radius 1 is 1.12 bits per heavy atom. The van der Waals surface area contributed by atoms with Gasteiger partial charge in [-0.05, 0) is 37.1 Å². The molecule has 170 valence electrons. The molecule has 0 aliphatic carbocycles. The van der Waals surface area contributed by atoms with Crippen LogP contribution in [0.25, 0.3) is 16.8 Å². The molecule has 1 aliphatic rings. The molecule has 3 aromatic heterocycles. The molecule has 1 aliphatic heterocycles. The minimum atomic E-state index is -0.106. The second-order valence-electron chi connectivity index (χ2n) is 7.91. The Kier molecular flexibility index (Phi) is 5.80. The highest BCUT2D eigenvalue weighted by atomic mass is 16.5. The maximum Gasteiger partial charge on any atom is 0.222 e. The third kappa shape index (κ3) is 4.20. The first-order valence-electron chi connectivity index (χ1n) is 10.8. The summed E-state index contributed by atoms with van der Waals surface area (Å²) in [5, 5.41) is 9.36. The van der Waals surface area contributed by atoms with E-state index in [9.17, 15) is 5.11 Å². The minimum absolute atomic E-state index is 0.0386. The molecule has 4 aromatic rings. The number of nitrogens with two attached hydrogens (primary N) is 1. The normalized spacial score (nSPS) is 18.4. The van der Waals surface area contributed by atoms with E-state index in [1.807, 2.05) is 40.9 Å². The zero-order valence-corrected chi connectivity index (χ0v) is 18.2. The van der Waals surface area contributed by atoms with E-state index in [-0.39, 0.29) is 18.6 Å². The number of anilines is 1. The Labute approximate surface area is 190 Å². The predicted octanol–water partition coefficient (Wildman–Crippen LogP) is 3.43. The van der Waals surface area contributed by atoms with Crippen molar-refractivity contribution in [3.63, 3.8) is 0 Å². The van der Waals surface area contributed by atoms with Crippen molar-refractivity contribution in [3.05, 3.63) is 60.7 Å². The monoisotopic (exact) mass is 447 g/mol. The van der Waals surface area contributed by atoms with Crippen LogP contribution in [-0.2, 0) is 4.74 Å². The van der Waals surface area contributed by atoms with Crippen LogP contribution in [0.1, 0.15) is 24.6 Å². The summed E-state index contributed by atoms with van der Waals surface area (Å²) in [6.07, 6.45) is 5.12. The highest BCUT2D eigenvalue weighted by Gasteiger charge is 2.27. The van der Waals surface area contributed by atoms with Gasteiger partial charge in [0, 0.05) is 36.0 Å². The maximum absolute atomic E-state index is 9.36. The van der Waals surface area contributed by atoms with Crippen LogP contribution in [0.5, 0.6) is 17.5 Å². The van der Waals surface area contributed by atoms with Gasteiger partial charge in [0.05, 0.1) is 26.4 Å². The third-order valence-corrected chi connectivity index (χ3v) is 5.81. The number of rotatable bonds is 6. The summed E-state index contributed by atoms with van der Waals surface area (Å²) in [6.45, 7) is 0.545. The van der Waals surface area contributed by atoms with Crippen molar-refractivity contribution in [2.24, 2.45) is 0 Å². The quantitative estimate of drug-likeness (QED) is 0.462.